The Morgan fingerprint density at radius 2 is 1.59 bits per heavy atom. The van der Waals surface area contributed by atoms with Gasteiger partial charge < -0.3 is 15.1 Å². The maximum Gasteiger partial charge on any atom is 0.133 e. The molecule has 0 aromatic heterocycles. The number of aliphatic hydroxyl groups excluding tert-OH is 2. The minimum Gasteiger partial charge on any atom is -0.389 e. The van der Waals surface area contributed by atoms with Crippen LogP contribution in [0.4, 0.5) is 5.69 Å². The van der Waals surface area contributed by atoms with Crippen LogP contribution in [0.25, 0.3) is 0 Å². The van der Waals surface area contributed by atoms with Gasteiger partial charge in [-0.2, -0.15) is 0 Å². The molecule has 1 saturated heterocycles. The molecule has 1 aromatic rings. The van der Waals surface area contributed by atoms with E-state index in [1.54, 1.807) is 6.92 Å². The van der Waals surface area contributed by atoms with Crippen molar-refractivity contribution in [1.82, 2.24) is 4.90 Å². The maximum absolute atomic E-state index is 9.77. The summed E-state index contributed by atoms with van der Waals surface area (Å²) >= 11 is 0. The first-order valence-electron chi connectivity index (χ1n) is 6.08. The second-order valence-electron chi connectivity index (χ2n) is 4.51. The summed E-state index contributed by atoms with van der Waals surface area (Å²) in [5.41, 5.74) is 1.22. The predicted octanol–water partition coefficient (Wildman–Crippen LogP) is 0.508. The van der Waals surface area contributed by atoms with Crippen LogP contribution in [0, 0.1) is 0 Å². The average molecular weight is 236 g/mol. The summed E-state index contributed by atoms with van der Waals surface area (Å²) in [5, 5.41) is 19.1. The van der Waals surface area contributed by atoms with Crippen LogP contribution in [0.5, 0.6) is 0 Å². The summed E-state index contributed by atoms with van der Waals surface area (Å²) < 4.78 is 0. The van der Waals surface area contributed by atoms with Gasteiger partial charge in [0.2, 0.25) is 0 Å². The molecule has 1 aromatic carbocycles. The van der Waals surface area contributed by atoms with E-state index >= 15 is 0 Å². The number of aliphatic hydroxyl groups is 2. The molecule has 0 bridgehead atoms. The molecule has 2 atom stereocenters. The van der Waals surface area contributed by atoms with E-state index in [0.717, 1.165) is 26.2 Å². The van der Waals surface area contributed by atoms with Crippen LogP contribution in [0.1, 0.15) is 6.92 Å². The number of piperazine rings is 1. The van der Waals surface area contributed by atoms with Gasteiger partial charge in [-0.1, -0.05) is 18.2 Å². The van der Waals surface area contributed by atoms with Gasteiger partial charge in [-0.3, -0.25) is 4.90 Å². The minimum absolute atomic E-state index is 0.696. The standard InChI is InChI=1S/C13H20N2O2/c1-11(16)13(17)15-9-7-14(8-10-15)12-5-3-2-4-6-12/h2-6,11,13,16-17H,7-10H2,1H3/t11?,13-/m1/s1. The van der Waals surface area contributed by atoms with Gasteiger partial charge in [0.25, 0.3) is 0 Å². The summed E-state index contributed by atoms with van der Waals surface area (Å²) in [7, 11) is 0. The van der Waals surface area contributed by atoms with E-state index in [1.165, 1.54) is 5.69 Å². The maximum atomic E-state index is 9.77. The van der Waals surface area contributed by atoms with Gasteiger partial charge in [-0.25, -0.2) is 0 Å². The van der Waals surface area contributed by atoms with Crippen molar-refractivity contribution >= 4 is 5.69 Å². The molecule has 1 heterocycles. The van der Waals surface area contributed by atoms with Crippen LogP contribution in [-0.4, -0.2) is 53.6 Å². The Bertz CT molecular complexity index is 335. The molecule has 1 aliphatic rings. The summed E-state index contributed by atoms with van der Waals surface area (Å²) in [4.78, 5) is 4.22. The second kappa shape index (κ2) is 5.49. The van der Waals surface area contributed by atoms with Gasteiger partial charge in [-0.15, -0.1) is 0 Å². The van der Waals surface area contributed by atoms with Crippen LogP contribution in [0.3, 0.4) is 0 Å². The zero-order valence-electron chi connectivity index (χ0n) is 10.2. The first-order chi connectivity index (χ1) is 8.18. The highest BCUT2D eigenvalue weighted by Gasteiger charge is 2.24. The highest BCUT2D eigenvalue weighted by molar-refractivity contribution is 5.46. The quantitative estimate of drug-likeness (QED) is 0.802. The SMILES string of the molecule is CC(O)[C@@H](O)N1CCN(c2ccccc2)CC1. The topological polar surface area (TPSA) is 46.9 Å². The fourth-order valence-electron chi connectivity index (χ4n) is 2.19. The smallest absolute Gasteiger partial charge is 0.133 e. The molecule has 1 fully saturated rings. The van der Waals surface area contributed by atoms with Crippen molar-refractivity contribution in [2.24, 2.45) is 0 Å². The van der Waals surface area contributed by atoms with Crippen LogP contribution < -0.4 is 4.90 Å². The molecular weight excluding hydrogens is 216 g/mol. The third-order valence-electron chi connectivity index (χ3n) is 3.24. The molecular formula is C13H20N2O2. The van der Waals surface area contributed by atoms with Gasteiger partial charge >= 0.3 is 0 Å². The second-order valence-corrected chi connectivity index (χ2v) is 4.51. The van der Waals surface area contributed by atoms with Gasteiger partial charge in [0.15, 0.2) is 0 Å². The predicted molar refractivity (Wildman–Crippen MR) is 67.9 cm³/mol. The molecule has 1 aliphatic heterocycles. The minimum atomic E-state index is -0.743. The van der Waals surface area contributed by atoms with Crippen molar-refractivity contribution in [1.29, 1.82) is 0 Å². The third kappa shape index (κ3) is 2.97. The lowest BCUT2D eigenvalue weighted by Crippen LogP contribution is -2.53. The van der Waals surface area contributed by atoms with E-state index in [2.05, 4.69) is 17.0 Å². The Morgan fingerprint density at radius 1 is 1.00 bits per heavy atom. The van der Waals surface area contributed by atoms with Crippen molar-refractivity contribution in [3.8, 4) is 0 Å². The number of hydrogen-bond acceptors (Lipinski definition) is 4. The van der Waals surface area contributed by atoms with Gasteiger partial charge in [0.1, 0.15) is 6.23 Å². The van der Waals surface area contributed by atoms with Gasteiger partial charge in [0.05, 0.1) is 6.10 Å². The van der Waals surface area contributed by atoms with Crippen LogP contribution in [0.15, 0.2) is 30.3 Å². The zero-order valence-corrected chi connectivity index (χ0v) is 10.2. The van der Waals surface area contributed by atoms with Crippen LogP contribution >= 0.6 is 0 Å². The molecule has 94 valence electrons. The molecule has 2 rings (SSSR count). The molecule has 4 nitrogen and oxygen atoms in total. The molecule has 4 heteroatoms. The average Bonchev–Trinajstić information content (AvgIpc) is 2.39. The molecule has 0 saturated carbocycles. The highest BCUT2D eigenvalue weighted by Crippen LogP contribution is 2.16. The van der Waals surface area contributed by atoms with Crippen molar-refractivity contribution in [2.45, 2.75) is 19.3 Å². The number of nitrogens with zero attached hydrogens (tertiary/aromatic N) is 2. The Hall–Kier alpha value is -1.10. The highest BCUT2D eigenvalue weighted by atomic mass is 16.3. The summed E-state index contributed by atoms with van der Waals surface area (Å²) in [5.74, 6) is 0. The molecule has 17 heavy (non-hydrogen) atoms. The van der Waals surface area contributed by atoms with Crippen molar-refractivity contribution in [3.63, 3.8) is 0 Å². The van der Waals surface area contributed by atoms with Gasteiger partial charge in [-0.05, 0) is 19.1 Å². The molecule has 0 aliphatic carbocycles. The van der Waals surface area contributed by atoms with E-state index in [0.29, 0.717) is 0 Å². The summed E-state index contributed by atoms with van der Waals surface area (Å²) in [6.07, 6.45) is -1.44. The number of hydrogen-bond donors (Lipinski definition) is 2. The number of para-hydroxylation sites is 1. The van der Waals surface area contributed by atoms with E-state index in [1.807, 2.05) is 23.1 Å². The molecule has 0 spiro atoms. The largest absolute Gasteiger partial charge is 0.389 e. The fraction of sp³-hybridized carbons (Fsp3) is 0.538. The fourth-order valence-corrected chi connectivity index (χ4v) is 2.19. The van der Waals surface area contributed by atoms with Crippen molar-refractivity contribution < 1.29 is 10.2 Å². The Kier molecular flexibility index (Phi) is 3.99. The first kappa shape index (κ1) is 12.4. The number of rotatable bonds is 3. The van der Waals surface area contributed by atoms with Crippen molar-refractivity contribution in [3.05, 3.63) is 30.3 Å². The van der Waals surface area contributed by atoms with Crippen LogP contribution in [0.2, 0.25) is 0 Å². The lowest BCUT2D eigenvalue weighted by Gasteiger charge is -2.39. The molecule has 1 unspecified atom stereocenters. The Balaban J connectivity index is 1.90. The first-order valence-corrected chi connectivity index (χ1v) is 6.08. The van der Waals surface area contributed by atoms with E-state index < -0.39 is 12.3 Å². The monoisotopic (exact) mass is 236 g/mol. The van der Waals surface area contributed by atoms with Gasteiger partial charge in [0, 0.05) is 31.9 Å². The number of benzene rings is 1. The third-order valence-corrected chi connectivity index (χ3v) is 3.24. The number of anilines is 1. The van der Waals surface area contributed by atoms with Crippen molar-refractivity contribution in [2.75, 3.05) is 31.1 Å². The molecule has 0 radical (unpaired) electrons. The summed E-state index contributed by atoms with van der Waals surface area (Å²) in [6.45, 7) is 4.94. The summed E-state index contributed by atoms with van der Waals surface area (Å²) in [6, 6.07) is 10.3. The zero-order chi connectivity index (χ0) is 12.3. The normalized spacial score (nSPS) is 21.2. The lowest BCUT2D eigenvalue weighted by molar-refractivity contribution is -0.0772. The Morgan fingerprint density at radius 3 is 2.12 bits per heavy atom. The molecule has 0 amide bonds. The van der Waals surface area contributed by atoms with E-state index in [-0.39, 0.29) is 0 Å². The molecule has 2 N–H and O–H groups in total. The van der Waals surface area contributed by atoms with E-state index in [9.17, 15) is 10.2 Å². The van der Waals surface area contributed by atoms with Crippen LogP contribution in [-0.2, 0) is 0 Å². The Labute approximate surface area is 102 Å². The lowest BCUT2D eigenvalue weighted by atomic mass is 10.2. The van der Waals surface area contributed by atoms with E-state index in [4.69, 9.17) is 0 Å².